The van der Waals surface area contributed by atoms with E-state index < -0.39 is 0 Å². The molecule has 5 heteroatoms. The van der Waals surface area contributed by atoms with Gasteiger partial charge < -0.3 is 4.74 Å². The zero-order valence-corrected chi connectivity index (χ0v) is 8.32. The van der Waals surface area contributed by atoms with Crippen molar-refractivity contribution in [3.63, 3.8) is 0 Å². The third-order valence-corrected chi connectivity index (χ3v) is 2.41. The Labute approximate surface area is 82.2 Å². The summed E-state index contributed by atoms with van der Waals surface area (Å²) in [6.45, 7) is 0.252. The van der Waals surface area contributed by atoms with Crippen molar-refractivity contribution in [2.24, 2.45) is 11.8 Å². The fourth-order valence-electron chi connectivity index (χ4n) is 1.69. The fraction of sp³-hybridized carbons (Fsp3) is 0.778. The zero-order chi connectivity index (χ0) is 10.6. The lowest BCUT2D eigenvalue weighted by molar-refractivity contribution is -0.281. The number of esters is 1. The van der Waals surface area contributed by atoms with Crippen molar-refractivity contribution >= 4 is 11.8 Å². The first kappa shape index (κ1) is 11.1. The van der Waals surface area contributed by atoms with Gasteiger partial charge in [-0.05, 0) is 0 Å². The number of rotatable bonds is 4. The standard InChI is InChI=1S/C9H14O5/c1-12-9(11)8-4-7(10)3-6(8)5-14-13-2/h6,8H,3-5H2,1-2H3. The molecule has 0 aliphatic heterocycles. The van der Waals surface area contributed by atoms with Crippen molar-refractivity contribution in [3.8, 4) is 0 Å². The van der Waals surface area contributed by atoms with Gasteiger partial charge in [0.25, 0.3) is 0 Å². The van der Waals surface area contributed by atoms with Crippen LogP contribution < -0.4 is 0 Å². The highest BCUT2D eigenvalue weighted by Gasteiger charge is 2.38. The average Bonchev–Trinajstić information content (AvgIpc) is 2.55. The minimum atomic E-state index is -0.373. The Bertz CT molecular complexity index is 225. The molecule has 1 saturated carbocycles. The van der Waals surface area contributed by atoms with Gasteiger partial charge in [0.05, 0.1) is 26.7 Å². The minimum absolute atomic E-state index is 0.0742. The van der Waals surface area contributed by atoms with E-state index in [-0.39, 0.29) is 36.6 Å². The summed E-state index contributed by atoms with van der Waals surface area (Å²) >= 11 is 0. The van der Waals surface area contributed by atoms with E-state index in [1.807, 2.05) is 0 Å². The minimum Gasteiger partial charge on any atom is -0.469 e. The van der Waals surface area contributed by atoms with Gasteiger partial charge in [0, 0.05) is 18.8 Å². The van der Waals surface area contributed by atoms with Crippen LogP contribution in [0.3, 0.4) is 0 Å². The molecule has 0 heterocycles. The molecule has 1 aliphatic rings. The van der Waals surface area contributed by atoms with Gasteiger partial charge in [0.2, 0.25) is 0 Å². The Morgan fingerprint density at radius 2 is 2.14 bits per heavy atom. The van der Waals surface area contributed by atoms with Gasteiger partial charge in [-0.2, -0.15) is 0 Å². The molecule has 0 N–H and O–H groups in total. The van der Waals surface area contributed by atoms with Crippen molar-refractivity contribution in [2.75, 3.05) is 20.8 Å². The Morgan fingerprint density at radius 1 is 1.43 bits per heavy atom. The molecular formula is C9H14O5. The number of hydrogen-bond acceptors (Lipinski definition) is 5. The summed E-state index contributed by atoms with van der Waals surface area (Å²) in [7, 11) is 2.71. The Hall–Kier alpha value is -0.940. The smallest absolute Gasteiger partial charge is 0.309 e. The van der Waals surface area contributed by atoms with Crippen LogP contribution in [0.2, 0.25) is 0 Å². The first-order valence-corrected chi connectivity index (χ1v) is 4.44. The molecule has 0 radical (unpaired) electrons. The molecule has 5 nitrogen and oxygen atoms in total. The van der Waals surface area contributed by atoms with Gasteiger partial charge in [-0.15, -0.1) is 0 Å². The van der Waals surface area contributed by atoms with E-state index in [1.165, 1.54) is 14.2 Å². The van der Waals surface area contributed by atoms with Gasteiger partial charge in [0.15, 0.2) is 0 Å². The van der Waals surface area contributed by atoms with Gasteiger partial charge >= 0.3 is 5.97 Å². The number of Topliss-reactive ketones (excluding diaryl/α,β-unsaturated/α-hetero) is 1. The second-order valence-electron chi connectivity index (χ2n) is 3.29. The molecule has 0 spiro atoms. The van der Waals surface area contributed by atoms with Crippen molar-refractivity contribution in [3.05, 3.63) is 0 Å². The van der Waals surface area contributed by atoms with Crippen molar-refractivity contribution in [2.45, 2.75) is 12.8 Å². The maximum absolute atomic E-state index is 11.3. The van der Waals surface area contributed by atoms with Crippen LogP contribution in [0.1, 0.15) is 12.8 Å². The molecule has 1 fully saturated rings. The largest absolute Gasteiger partial charge is 0.469 e. The number of ether oxygens (including phenoxy) is 1. The lowest BCUT2D eigenvalue weighted by Gasteiger charge is -2.14. The second kappa shape index (κ2) is 5.07. The highest BCUT2D eigenvalue weighted by Crippen LogP contribution is 2.30. The monoisotopic (exact) mass is 202 g/mol. The molecule has 1 rings (SSSR count). The third-order valence-electron chi connectivity index (χ3n) is 2.41. The Morgan fingerprint density at radius 3 is 2.71 bits per heavy atom. The lowest BCUT2D eigenvalue weighted by Crippen LogP contribution is -2.23. The highest BCUT2D eigenvalue weighted by molar-refractivity contribution is 5.88. The van der Waals surface area contributed by atoms with Gasteiger partial charge in [-0.1, -0.05) is 0 Å². The van der Waals surface area contributed by atoms with Gasteiger partial charge in [-0.25, -0.2) is 9.78 Å². The van der Waals surface area contributed by atoms with Crippen molar-refractivity contribution in [1.29, 1.82) is 0 Å². The summed E-state index contributed by atoms with van der Waals surface area (Å²) < 4.78 is 4.61. The van der Waals surface area contributed by atoms with Crippen LogP contribution in [-0.4, -0.2) is 32.6 Å². The maximum atomic E-state index is 11.3. The van der Waals surface area contributed by atoms with E-state index >= 15 is 0 Å². The summed E-state index contributed by atoms with van der Waals surface area (Å²) in [5.74, 6) is -0.761. The summed E-state index contributed by atoms with van der Waals surface area (Å²) in [6, 6.07) is 0. The van der Waals surface area contributed by atoms with Gasteiger partial charge in [-0.3, -0.25) is 9.59 Å². The molecule has 0 aromatic heterocycles. The second-order valence-corrected chi connectivity index (χ2v) is 3.29. The summed E-state index contributed by atoms with van der Waals surface area (Å²) in [5, 5.41) is 0. The van der Waals surface area contributed by atoms with Crippen molar-refractivity contribution in [1.82, 2.24) is 0 Å². The zero-order valence-electron chi connectivity index (χ0n) is 8.32. The normalized spacial score (nSPS) is 26.6. The van der Waals surface area contributed by atoms with Crippen LogP contribution >= 0.6 is 0 Å². The molecule has 0 amide bonds. The quantitative estimate of drug-likeness (QED) is 0.373. The number of methoxy groups -OCH3 is 1. The SMILES string of the molecule is COOCC1CC(=O)CC1C(=O)OC. The molecule has 0 bridgehead atoms. The first-order valence-electron chi connectivity index (χ1n) is 4.44. The molecule has 0 saturated heterocycles. The maximum Gasteiger partial charge on any atom is 0.309 e. The van der Waals surface area contributed by atoms with Crippen LogP contribution in [0.5, 0.6) is 0 Å². The molecule has 14 heavy (non-hydrogen) atoms. The van der Waals surface area contributed by atoms with Crippen LogP contribution in [0, 0.1) is 11.8 Å². The van der Waals surface area contributed by atoms with Crippen LogP contribution in [0.4, 0.5) is 0 Å². The van der Waals surface area contributed by atoms with Crippen LogP contribution in [0.15, 0.2) is 0 Å². The molecular weight excluding hydrogens is 188 g/mol. The van der Waals surface area contributed by atoms with E-state index in [9.17, 15) is 9.59 Å². The van der Waals surface area contributed by atoms with Gasteiger partial charge in [0.1, 0.15) is 5.78 Å². The predicted octanol–water partition coefficient (Wildman–Crippen LogP) is 0.333. The van der Waals surface area contributed by atoms with Crippen molar-refractivity contribution < 1.29 is 24.1 Å². The lowest BCUT2D eigenvalue weighted by atomic mass is 9.97. The summed E-state index contributed by atoms with van der Waals surface area (Å²) in [6.07, 6.45) is 0.619. The average molecular weight is 202 g/mol. The highest BCUT2D eigenvalue weighted by atomic mass is 17.2. The number of hydrogen-bond donors (Lipinski definition) is 0. The molecule has 1 aliphatic carbocycles. The summed E-state index contributed by atoms with van der Waals surface area (Å²) in [5.41, 5.74) is 0. The number of carbonyl (C=O) groups excluding carboxylic acids is 2. The van der Waals surface area contributed by atoms with E-state index in [2.05, 4.69) is 9.62 Å². The van der Waals surface area contributed by atoms with E-state index in [1.54, 1.807) is 0 Å². The topological polar surface area (TPSA) is 61.8 Å². The number of ketones is 1. The van der Waals surface area contributed by atoms with E-state index in [4.69, 9.17) is 4.89 Å². The Balaban J connectivity index is 2.53. The molecule has 80 valence electrons. The van der Waals surface area contributed by atoms with Crippen LogP contribution in [-0.2, 0) is 24.1 Å². The number of carbonyl (C=O) groups is 2. The van der Waals surface area contributed by atoms with Crippen LogP contribution in [0.25, 0.3) is 0 Å². The first-order chi connectivity index (χ1) is 6.69. The van der Waals surface area contributed by atoms with E-state index in [0.717, 1.165) is 0 Å². The third kappa shape index (κ3) is 2.52. The fourth-order valence-corrected chi connectivity index (χ4v) is 1.69. The molecule has 0 aromatic rings. The molecule has 2 unspecified atom stereocenters. The predicted molar refractivity (Wildman–Crippen MR) is 46.2 cm³/mol. The molecule has 0 aromatic carbocycles. The molecule has 2 atom stereocenters. The van der Waals surface area contributed by atoms with E-state index in [0.29, 0.717) is 6.42 Å². The Kier molecular flexibility index (Phi) is 4.03. The summed E-state index contributed by atoms with van der Waals surface area (Å²) in [4.78, 5) is 31.6.